The van der Waals surface area contributed by atoms with Gasteiger partial charge in [-0.3, -0.25) is 9.36 Å². The van der Waals surface area contributed by atoms with E-state index in [4.69, 9.17) is 32.0 Å². The van der Waals surface area contributed by atoms with Crippen LogP contribution in [0, 0.1) is 5.92 Å². The number of thiophene rings is 1. The van der Waals surface area contributed by atoms with E-state index in [-0.39, 0.29) is 13.5 Å². The van der Waals surface area contributed by atoms with Crippen molar-refractivity contribution in [2.75, 3.05) is 13.1 Å². The molecule has 0 unspecified atom stereocenters. The predicted molar refractivity (Wildman–Crippen MR) is 163 cm³/mol. The molecular formula is C30H32ClF3N4O4S. The van der Waals surface area contributed by atoms with Crippen LogP contribution >= 0.6 is 22.9 Å². The number of halogens is 4. The summed E-state index contributed by atoms with van der Waals surface area (Å²) < 4.78 is 39.9. The number of imidazole rings is 1. The number of ether oxygens (including phenoxy) is 1. The zero-order chi connectivity index (χ0) is 30.6. The molecule has 1 aliphatic rings. The molecular weight excluding hydrogens is 605 g/mol. The smallest absolute Gasteiger partial charge is 0.484 e. The third-order valence-corrected chi connectivity index (χ3v) is 8.26. The van der Waals surface area contributed by atoms with Crippen LogP contribution in [0.1, 0.15) is 54.1 Å². The maximum absolute atomic E-state index is 12.3. The maximum atomic E-state index is 12.3. The number of carboxylic acids is 1. The summed E-state index contributed by atoms with van der Waals surface area (Å²) in [6.07, 6.45) is -1.50. The highest BCUT2D eigenvalue weighted by Gasteiger charge is 2.38. The Labute approximate surface area is 255 Å². The molecule has 1 amide bonds. The number of carboxylic acid groups (broad SMARTS) is 1. The molecule has 1 saturated heterocycles. The number of rotatable bonds is 7. The molecule has 8 nitrogen and oxygen atoms in total. The van der Waals surface area contributed by atoms with Crippen molar-refractivity contribution in [3.8, 4) is 10.8 Å². The van der Waals surface area contributed by atoms with E-state index in [2.05, 4.69) is 29.0 Å². The Morgan fingerprint density at radius 1 is 1.21 bits per heavy atom. The highest BCUT2D eigenvalue weighted by Crippen LogP contribution is 2.38. The molecule has 4 N–H and O–H groups in total. The highest BCUT2D eigenvalue weighted by atomic mass is 35.5. The van der Waals surface area contributed by atoms with Crippen LogP contribution in [0.15, 0.2) is 61.4 Å². The van der Waals surface area contributed by atoms with Crippen molar-refractivity contribution in [1.29, 1.82) is 0 Å². The number of hydrogen-bond acceptors (Lipinski definition) is 6. The van der Waals surface area contributed by atoms with Crippen molar-refractivity contribution in [2.24, 2.45) is 11.7 Å². The van der Waals surface area contributed by atoms with Gasteiger partial charge in [0.2, 0.25) is 0 Å². The molecule has 0 spiro atoms. The number of carbonyl (C=O) groups is 2. The number of allylic oxidation sites excluding steroid dienone is 1. The van der Waals surface area contributed by atoms with Gasteiger partial charge in [-0.2, -0.15) is 13.2 Å². The number of amides is 1. The quantitative estimate of drug-likeness (QED) is 0.196. The summed E-state index contributed by atoms with van der Waals surface area (Å²) in [6, 6.07) is 15.6. The summed E-state index contributed by atoms with van der Waals surface area (Å²) in [7, 11) is 0. The van der Waals surface area contributed by atoms with Crippen LogP contribution < -0.4 is 15.8 Å². The Bertz CT molecular complexity index is 1610. The Morgan fingerprint density at radius 3 is 2.47 bits per heavy atom. The van der Waals surface area contributed by atoms with Crippen molar-refractivity contribution in [1.82, 2.24) is 14.9 Å². The number of aromatic nitrogens is 2. The number of aliphatic carboxylic acids is 1. The van der Waals surface area contributed by atoms with E-state index in [1.165, 1.54) is 11.3 Å². The Balaban J connectivity index is 0.000000567. The van der Waals surface area contributed by atoms with E-state index in [9.17, 15) is 18.0 Å². The first-order valence-corrected chi connectivity index (χ1v) is 14.1. The summed E-state index contributed by atoms with van der Waals surface area (Å²) in [4.78, 5) is 26.1. The number of nitrogens with two attached hydrogens (primary N) is 1. The van der Waals surface area contributed by atoms with Crippen molar-refractivity contribution in [2.45, 2.75) is 39.5 Å². The molecule has 1 fully saturated rings. The van der Waals surface area contributed by atoms with Gasteiger partial charge in [-0.05, 0) is 68.1 Å². The minimum atomic E-state index is -5.08. The molecule has 0 bridgehead atoms. The first kappa shape index (κ1) is 33.6. The lowest BCUT2D eigenvalue weighted by molar-refractivity contribution is -0.192. The normalized spacial score (nSPS) is 14.3. The zero-order valence-electron chi connectivity index (χ0n) is 22.5. The molecule has 0 aliphatic carbocycles. The van der Waals surface area contributed by atoms with E-state index >= 15 is 0 Å². The Hall–Kier alpha value is -3.87. The standard InChI is InChI=1S/C27H27ClN4O2S.C2HF3O2.CH4/c1-16(18-9-11-30-12-10-18)19-7-8-22-23(13-19)32(15-31-22)25-14-24(26(35-25)27(29)33)34-17(2)20-5-3-4-6-21(20)28;3-2(4,5)1(6)7;/h3-8,13-15,17-18,30H,1,9-12H2,2H3,(H2,29,33);(H,6,7);1H4/t17-;;/m1../s1. The average Bonchev–Trinajstić information content (AvgIpc) is 3.57. The molecule has 13 heteroatoms. The third-order valence-electron chi connectivity index (χ3n) is 6.79. The summed E-state index contributed by atoms with van der Waals surface area (Å²) in [5.41, 5.74) is 10.6. The van der Waals surface area contributed by atoms with Crippen molar-refractivity contribution in [3.63, 3.8) is 0 Å². The van der Waals surface area contributed by atoms with Crippen LogP contribution in [0.25, 0.3) is 21.6 Å². The predicted octanol–water partition coefficient (Wildman–Crippen LogP) is 7.26. The fraction of sp³-hybridized carbons (Fsp3) is 0.300. The fourth-order valence-corrected chi connectivity index (χ4v) is 5.80. The zero-order valence-corrected chi connectivity index (χ0v) is 24.0. The molecule has 2 aromatic heterocycles. The van der Waals surface area contributed by atoms with Crippen LogP contribution in [0.3, 0.4) is 0 Å². The first-order valence-electron chi connectivity index (χ1n) is 12.9. The van der Waals surface area contributed by atoms with Gasteiger partial charge in [-0.25, -0.2) is 9.78 Å². The number of piperidine rings is 1. The number of nitrogens with one attached hydrogen (secondary N) is 1. The van der Waals surface area contributed by atoms with E-state index in [0.717, 1.165) is 58.7 Å². The molecule has 1 atom stereocenters. The molecule has 0 saturated carbocycles. The molecule has 0 radical (unpaired) electrons. The molecule has 3 heterocycles. The topological polar surface area (TPSA) is 119 Å². The number of alkyl halides is 3. The third kappa shape index (κ3) is 7.95. The molecule has 4 aromatic rings. The lowest BCUT2D eigenvalue weighted by atomic mass is 9.87. The second-order valence-electron chi connectivity index (χ2n) is 9.59. The molecule has 5 rings (SSSR count). The Kier molecular flexibility index (Phi) is 11.0. The van der Waals surface area contributed by atoms with Gasteiger partial charge in [0.25, 0.3) is 5.91 Å². The van der Waals surface area contributed by atoms with Gasteiger partial charge < -0.3 is 20.9 Å². The molecule has 1 aliphatic heterocycles. The summed E-state index contributed by atoms with van der Waals surface area (Å²) >= 11 is 7.63. The summed E-state index contributed by atoms with van der Waals surface area (Å²) in [5.74, 6) is -2.39. The second-order valence-corrected chi connectivity index (χ2v) is 11.0. The second kappa shape index (κ2) is 14.1. The Morgan fingerprint density at radius 2 is 1.86 bits per heavy atom. The van der Waals surface area contributed by atoms with Crippen molar-refractivity contribution in [3.05, 3.63) is 82.5 Å². The SMILES string of the molecule is C.C=C(c1ccc2ncn(-c3cc(O[C@H](C)c4ccccc4Cl)c(C(N)=O)s3)c2c1)C1CCNCC1.O=C(O)C(F)(F)F. The van der Waals surface area contributed by atoms with Gasteiger partial charge in [0, 0.05) is 16.7 Å². The van der Waals surface area contributed by atoms with Crippen molar-refractivity contribution < 1.29 is 32.6 Å². The van der Waals surface area contributed by atoms with Crippen LogP contribution in [0.4, 0.5) is 13.2 Å². The van der Waals surface area contributed by atoms with E-state index in [0.29, 0.717) is 21.6 Å². The number of hydrogen-bond donors (Lipinski definition) is 3. The molecule has 230 valence electrons. The van der Waals surface area contributed by atoms with Gasteiger partial charge in [0.05, 0.1) is 11.0 Å². The first-order chi connectivity index (χ1) is 19.9. The summed E-state index contributed by atoms with van der Waals surface area (Å²) in [5, 5.41) is 11.9. The average molecular weight is 637 g/mol. The van der Waals surface area contributed by atoms with Gasteiger partial charge in [0.15, 0.2) is 0 Å². The molecule has 2 aromatic carbocycles. The largest absolute Gasteiger partial charge is 0.490 e. The van der Waals surface area contributed by atoms with Gasteiger partial charge in [-0.15, -0.1) is 11.3 Å². The maximum Gasteiger partial charge on any atom is 0.490 e. The van der Waals surface area contributed by atoms with E-state index < -0.39 is 18.1 Å². The van der Waals surface area contributed by atoms with Crippen LogP contribution in [0.2, 0.25) is 5.02 Å². The highest BCUT2D eigenvalue weighted by molar-refractivity contribution is 7.16. The number of nitrogens with zero attached hydrogens (tertiary/aromatic N) is 2. The monoisotopic (exact) mass is 636 g/mol. The summed E-state index contributed by atoms with van der Waals surface area (Å²) in [6.45, 7) is 8.34. The van der Waals surface area contributed by atoms with Crippen LogP contribution in [0.5, 0.6) is 5.75 Å². The minimum absolute atomic E-state index is 0. The van der Waals surface area contributed by atoms with Crippen LogP contribution in [-0.2, 0) is 4.79 Å². The van der Waals surface area contributed by atoms with Crippen molar-refractivity contribution >= 4 is 51.4 Å². The van der Waals surface area contributed by atoms with Gasteiger partial charge in [-0.1, -0.05) is 49.9 Å². The number of carbonyl (C=O) groups excluding carboxylic acids is 1. The number of benzene rings is 2. The van der Waals surface area contributed by atoms with E-state index in [1.807, 2.05) is 47.9 Å². The van der Waals surface area contributed by atoms with Crippen LogP contribution in [-0.4, -0.2) is 45.8 Å². The molecule has 43 heavy (non-hydrogen) atoms. The fourth-order valence-electron chi connectivity index (χ4n) is 4.59. The number of primary amides is 1. The van der Waals surface area contributed by atoms with Gasteiger partial charge in [0.1, 0.15) is 28.1 Å². The lowest BCUT2D eigenvalue weighted by Crippen LogP contribution is -2.28. The van der Waals surface area contributed by atoms with Gasteiger partial charge >= 0.3 is 12.1 Å². The minimum Gasteiger partial charge on any atom is -0.484 e. The lowest BCUT2D eigenvalue weighted by Gasteiger charge is -2.24. The number of fused-ring (bicyclic) bond motifs is 1. The van der Waals surface area contributed by atoms with E-state index in [1.54, 1.807) is 6.33 Å².